The standard InChI is InChI=1S/C19H19F2NO5S/c1-26-18-5-3-14(28(24,25)11-12-6-7-27-10-12)9-15(18)19(23)22-17-8-13(20)2-4-16(17)21/h2-5,8-9,12H,6-7,10-11H2,1H3,(H,22,23)/t12-/m0/s1. The van der Waals surface area contributed by atoms with Crippen molar-refractivity contribution >= 4 is 21.4 Å². The molecule has 1 saturated heterocycles. The first kappa shape index (κ1) is 20.2. The minimum absolute atomic E-state index is 0.0509. The topological polar surface area (TPSA) is 81.7 Å². The Labute approximate surface area is 161 Å². The number of anilines is 1. The summed E-state index contributed by atoms with van der Waals surface area (Å²) < 4.78 is 62.8. The van der Waals surface area contributed by atoms with E-state index in [4.69, 9.17) is 9.47 Å². The van der Waals surface area contributed by atoms with Crippen molar-refractivity contribution in [1.29, 1.82) is 0 Å². The Morgan fingerprint density at radius 1 is 1.25 bits per heavy atom. The lowest BCUT2D eigenvalue weighted by Crippen LogP contribution is -2.18. The fourth-order valence-electron chi connectivity index (χ4n) is 2.96. The molecule has 0 saturated carbocycles. The highest BCUT2D eigenvalue weighted by atomic mass is 32.2. The summed E-state index contributed by atoms with van der Waals surface area (Å²) in [5.74, 6) is -2.46. The molecule has 3 rings (SSSR count). The number of hydrogen-bond acceptors (Lipinski definition) is 5. The molecule has 1 N–H and O–H groups in total. The monoisotopic (exact) mass is 411 g/mol. The number of nitrogens with one attached hydrogen (secondary N) is 1. The number of methoxy groups -OCH3 is 1. The van der Waals surface area contributed by atoms with Gasteiger partial charge in [0.05, 0.1) is 35.6 Å². The van der Waals surface area contributed by atoms with E-state index in [0.717, 1.165) is 18.2 Å². The Morgan fingerprint density at radius 2 is 2.04 bits per heavy atom. The molecule has 2 aromatic rings. The molecule has 1 aliphatic rings. The van der Waals surface area contributed by atoms with Crippen molar-refractivity contribution in [1.82, 2.24) is 0 Å². The molecule has 6 nitrogen and oxygen atoms in total. The molecule has 150 valence electrons. The number of sulfone groups is 1. The predicted octanol–water partition coefficient (Wildman–Crippen LogP) is 3.04. The molecule has 1 heterocycles. The summed E-state index contributed by atoms with van der Waals surface area (Å²) in [6.45, 7) is 0.900. The van der Waals surface area contributed by atoms with E-state index in [2.05, 4.69) is 5.32 Å². The third kappa shape index (κ3) is 4.48. The molecule has 28 heavy (non-hydrogen) atoms. The fraction of sp³-hybridized carbons (Fsp3) is 0.316. The van der Waals surface area contributed by atoms with E-state index in [1.807, 2.05) is 0 Å². The molecule has 9 heteroatoms. The molecule has 0 radical (unpaired) electrons. The van der Waals surface area contributed by atoms with Gasteiger partial charge in [-0.3, -0.25) is 4.79 Å². The van der Waals surface area contributed by atoms with Gasteiger partial charge in [0.1, 0.15) is 17.4 Å². The van der Waals surface area contributed by atoms with Crippen LogP contribution in [0.1, 0.15) is 16.8 Å². The first-order valence-corrected chi connectivity index (χ1v) is 10.2. The summed E-state index contributed by atoms with van der Waals surface area (Å²) in [6.07, 6.45) is 0.654. The van der Waals surface area contributed by atoms with Gasteiger partial charge in [-0.1, -0.05) is 0 Å². The fourth-order valence-corrected chi connectivity index (χ4v) is 4.61. The largest absolute Gasteiger partial charge is 0.496 e. The van der Waals surface area contributed by atoms with Gasteiger partial charge in [0.2, 0.25) is 0 Å². The third-order valence-electron chi connectivity index (χ3n) is 4.43. The Morgan fingerprint density at radius 3 is 2.71 bits per heavy atom. The zero-order valence-electron chi connectivity index (χ0n) is 15.1. The van der Waals surface area contributed by atoms with Crippen LogP contribution in [0.15, 0.2) is 41.3 Å². The number of halogens is 2. The number of amides is 1. The highest BCUT2D eigenvalue weighted by Gasteiger charge is 2.26. The van der Waals surface area contributed by atoms with Crippen LogP contribution >= 0.6 is 0 Å². The minimum atomic E-state index is -3.66. The quantitative estimate of drug-likeness (QED) is 0.790. The van der Waals surface area contributed by atoms with Gasteiger partial charge in [0, 0.05) is 12.7 Å². The van der Waals surface area contributed by atoms with Crippen LogP contribution in [0.4, 0.5) is 14.5 Å². The summed E-state index contributed by atoms with van der Waals surface area (Å²) in [6, 6.07) is 6.52. The highest BCUT2D eigenvalue weighted by Crippen LogP contribution is 2.27. The maximum atomic E-state index is 13.8. The third-order valence-corrected chi connectivity index (χ3v) is 6.31. The first-order chi connectivity index (χ1) is 13.3. The maximum absolute atomic E-state index is 13.8. The molecule has 0 unspecified atom stereocenters. The molecule has 0 bridgehead atoms. The molecule has 2 aromatic carbocycles. The SMILES string of the molecule is COc1ccc(S(=O)(=O)C[C@H]2CCOC2)cc1C(=O)Nc1cc(F)ccc1F. The molecule has 1 fully saturated rings. The molecular formula is C19H19F2NO5S. The lowest BCUT2D eigenvalue weighted by molar-refractivity contribution is 0.102. The smallest absolute Gasteiger partial charge is 0.259 e. The summed E-state index contributed by atoms with van der Waals surface area (Å²) in [5.41, 5.74) is -0.460. The van der Waals surface area contributed by atoms with Crippen molar-refractivity contribution in [2.75, 3.05) is 31.4 Å². The van der Waals surface area contributed by atoms with Gasteiger partial charge in [-0.2, -0.15) is 0 Å². The lowest BCUT2D eigenvalue weighted by atomic mass is 10.1. The molecule has 1 amide bonds. The molecule has 1 aliphatic heterocycles. The second-order valence-corrected chi connectivity index (χ2v) is 8.49. The lowest BCUT2D eigenvalue weighted by Gasteiger charge is -2.13. The van der Waals surface area contributed by atoms with Crippen molar-refractivity contribution < 1.29 is 31.5 Å². The van der Waals surface area contributed by atoms with Crippen LogP contribution in [-0.2, 0) is 14.6 Å². The van der Waals surface area contributed by atoms with Crippen molar-refractivity contribution in [3.8, 4) is 5.75 Å². The van der Waals surface area contributed by atoms with Gasteiger partial charge >= 0.3 is 0 Å². The number of rotatable bonds is 6. The van der Waals surface area contributed by atoms with Crippen molar-refractivity contribution in [3.05, 3.63) is 53.6 Å². The van der Waals surface area contributed by atoms with Crippen molar-refractivity contribution in [2.45, 2.75) is 11.3 Å². The van der Waals surface area contributed by atoms with Crippen LogP contribution in [0.5, 0.6) is 5.75 Å². The summed E-state index contributed by atoms with van der Waals surface area (Å²) in [5, 5.41) is 2.25. The van der Waals surface area contributed by atoms with E-state index in [9.17, 15) is 22.0 Å². The summed E-state index contributed by atoms with van der Waals surface area (Å²) in [4.78, 5) is 12.5. The van der Waals surface area contributed by atoms with Crippen LogP contribution in [-0.4, -0.2) is 40.4 Å². The zero-order chi connectivity index (χ0) is 20.3. The van der Waals surface area contributed by atoms with Gasteiger partial charge in [-0.25, -0.2) is 17.2 Å². The minimum Gasteiger partial charge on any atom is -0.496 e. The number of benzene rings is 2. The van der Waals surface area contributed by atoms with E-state index in [0.29, 0.717) is 19.6 Å². The number of hydrogen-bond donors (Lipinski definition) is 1. The normalized spacial score (nSPS) is 16.8. The van der Waals surface area contributed by atoms with E-state index >= 15 is 0 Å². The summed E-state index contributed by atoms with van der Waals surface area (Å²) >= 11 is 0. The second-order valence-electron chi connectivity index (χ2n) is 6.45. The number of ether oxygens (including phenoxy) is 2. The van der Waals surface area contributed by atoms with Crippen molar-refractivity contribution in [2.24, 2.45) is 5.92 Å². The van der Waals surface area contributed by atoms with Gasteiger partial charge < -0.3 is 14.8 Å². The second kappa shape index (κ2) is 8.24. The van der Waals surface area contributed by atoms with Gasteiger partial charge in [-0.05, 0) is 42.7 Å². The average Bonchev–Trinajstić information content (AvgIpc) is 3.16. The summed E-state index contributed by atoms with van der Waals surface area (Å²) in [7, 11) is -2.34. The van der Waals surface area contributed by atoms with Gasteiger partial charge in [-0.15, -0.1) is 0 Å². The van der Waals surface area contributed by atoms with E-state index in [-0.39, 0.29) is 33.6 Å². The van der Waals surface area contributed by atoms with Gasteiger partial charge in [0.25, 0.3) is 5.91 Å². The van der Waals surface area contributed by atoms with Crippen LogP contribution in [0.25, 0.3) is 0 Å². The molecule has 0 aromatic heterocycles. The maximum Gasteiger partial charge on any atom is 0.259 e. The Kier molecular flexibility index (Phi) is 5.95. The average molecular weight is 411 g/mol. The Bertz CT molecular complexity index is 988. The van der Waals surface area contributed by atoms with Crippen LogP contribution in [0, 0.1) is 17.6 Å². The van der Waals surface area contributed by atoms with Gasteiger partial charge in [0.15, 0.2) is 9.84 Å². The molecular weight excluding hydrogens is 392 g/mol. The number of carbonyl (C=O) groups is 1. The molecule has 0 spiro atoms. The van der Waals surface area contributed by atoms with Crippen LogP contribution < -0.4 is 10.1 Å². The van der Waals surface area contributed by atoms with E-state index < -0.39 is 27.4 Å². The van der Waals surface area contributed by atoms with Crippen LogP contribution in [0.3, 0.4) is 0 Å². The number of carbonyl (C=O) groups excluding carboxylic acids is 1. The van der Waals surface area contributed by atoms with Crippen molar-refractivity contribution in [3.63, 3.8) is 0 Å². The predicted molar refractivity (Wildman–Crippen MR) is 98.3 cm³/mol. The molecule has 0 aliphatic carbocycles. The first-order valence-electron chi connectivity index (χ1n) is 8.55. The van der Waals surface area contributed by atoms with E-state index in [1.54, 1.807) is 0 Å². The Hall–Kier alpha value is -2.52. The highest BCUT2D eigenvalue weighted by molar-refractivity contribution is 7.91. The Balaban J connectivity index is 1.90. The zero-order valence-corrected chi connectivity index (χ0v) is 15.9. The van der Waals surface area contributed by atoms with Crippen LogP contribution in [0.2, 0.25) is 0 Å². The molecule has 1 atom stereocenters. The van der Waals surface area contributed by atoms with E-state index in [1.165, 1.54) is 25.3 Å².